The second-order valence-electron chi connectivity index (χ2n) is 4.32. The van der Waals surface area contributed by atoms with E-state index in [1.165, 1.54) is 4.90 Å². The lowest BCUT2D eigenvalue weighted by atomic mass is 10.2. The summed E-state index contributed by atoms with van der Waals surface area (Å²) in [7, 11) is 0. The summed E-state index contributed by atoms with van der Waals surface area (Å²) in [6, 6.07) is 1.61. The van der Waals surface area contributed by atoms with Crippen molar-refractivity contribution in [2.24, 2.45) is 11.8 Å². The number of carbonyl (C=O) groups is 1. The van der Waals surface area contributed by atoms with Gasteiger partial charge in [-0.1, -0.05) is 0 Å². The van der Waals surface area contributed by atoms with Crippen LogP contribution >= 0.6 is 0 Å². The molecule has 1 aliphatic heterocycles. The van der Waals surface area contributed by atoms with Crippen LogP contribution in [-0.4, -0.2) is 17.4 Å². The van der Waals surface area contributed by atoms with E-state index in [1.807, 2.05) is 0 Å². The third kappa shape index (κ3) is 1.17. The van der Waals surface area contributed by atoms with Gasteiger partial charge in [0.1, 0.15) is 0 Å². The molecule has 0 aromatic carbocycles. The Kier molecular flexibility index (Phi) is 1.63. The summed E-state index contributed by atoms with van der Waals surface area (Å²) in [4.78, 5) is 17.2. The molecule has 1 amide bonds. The van der Waals surface area contributed by atoms with E-state index >= 15 is 0 Å². The van der Waals surface area contributed by atoms with Crippen molar-refractivity contribution in [3.8, 4) is 0 Å². The van der Waals surface area contributed by atoms with Crippen LogP contribution in [-0.2, 0) is 4.79 Å². The van der Waals surface area contributed by atoms with Gasteiger partial charge in [-0.3, -0.25) is 9.69 Å². The maximum absolute atomic E-state index is 13.7. The molecular formula is C11H11FN2O. The van der Waals surface area contributed by atoms with E-state index < -0.39 is 0 Å². The monoisotopic (exact) mass is 206 g/mol. The molecule has 1 saturated heterocycles. The predicted octanol–water partition coefficient (Wildman–Crippen LogP) is 1.51. The molecule has 2 aliphatic rings. The molecule has 0 bridgehead atoms. The Morgan fingerprint density at radius 3 is 3.07 bits per heavy atom. The number of amides is 1. The summed E-state index contributed by atoms with van der Waals surface area (Å²) in [6.45, 7) is 2.32. The van der Waals surface area contributed by atoms with Crippen molar-refractivity contribution in [3.05, 3.63) is 23.6 Å². The minimum Gasteiger partial charge on any atom is -0.294 e. The number of piperidine rings is 1. The molecule has 0 radical (unpaired) electrons. The van der Waals surface area contributed by atoms with E-state index in [2.05, 4.69) is 4.98 Å². The van der Waals surface area contributed by atoms with Gasteiger partial charge in [-0.25, -0.2) is 9.37 Å². The number of rotatable bonds is 1. The molecule has 1 aromatic heterocycles. The van der Waals surface area contributed by atoms with Crippen molar-refractivity contribution in [3.63, 3.8) is 0 Å². The first-order chi connectivity index (χ1) is 7.18. The SMILES string of the molecule is Cc1ccnc(N2C[C@H]3C[C@H]3C2=O)c1F. The Hall–Kier alpha value is -1.45. The Labute approximate surface area is 86.9 Å². The van der Waals surface area contributed by atoms with Crippen LogP contribution in [0.4, 0.5) is 10.2 Å². The van der Waals surface area contributed by atoms with Gasteiger partial charge in [-0.2, -0.15) is 0 Å². The molecule has 2 atom stereocenters. The van der Waals surface area contributed by atoms with Gasteiger partial charge < -0.3 is 0 Å². The first-order valence-electron chi connectivity index (χ1n) is 5.11. The van der Waals surface area contributed by atoms with Crippen molar-refractivity contribution in [2.45, 2.75) is 13.3 Å². The second-order valence-corrected chi connectivity index (χ2v) is 4.32. The van der Waals surface area contributed by atoms with Gasteiger partial charge in [0, 0.05) is 18.7 Å². The van der Waals surface area contributed by atoms with Gasteiger partial charge in [0.05, 0.1) is 0 Å². The smallest absolute Gasteiger partial charge is 0.231 e. The fraction of sp³-hybridized carbons (Fsp3) is 0.455. The zero-order chi connectivity index (χ0) is 10.6. The Morgan fingerprint density at radius 2 is 2.40 bits per heavy atom. The lowest BCUT2D eigenvalue weighted by Crippen LogP contribution is -2.29. The molecule has 1 aromatic rings. The number of anilines is 1. The number of aryl methyl sites for hydroxylation is 1. The van der Waals surface area contributed by atoms with Crippen LogP contribution in [0.2, 0.25) is 0 Å². The molecule has 1 aliphatic carbocycles. The number of pyridine rings is 1. The van der Waals surface area contributed by atoms with Crippen molar-refractivity contribution in [2.75, 3.05) is 11.4 Å². The average molecular weight is 206 g/mol. The lowest BCUT2D eigenvalue weighted by molar-refractivity contribution is -0.118. The highest BCUT2D eigenvalue weighted by molar-refractivity contribution is 5.99. The fourth-order valence-corrected chi connectivity index (χ4v) is 2.18. The number of halogens is 1. The van der Waals surface area contributed by atoms with Crippen molar-refractivity contribution in [1.29, 1.82) is 0 Å². The number of hydrogen-bond donors (Lipinski definition) is 0. The molecular weight excluding hydrogens is 195 g/mol. The third-order valence-electron chi connectivity index (χ3n) is 3.24. The Morgan fingerprint density at radius 1 is 1.60 bits per heavy atom. The molecule has 0 unspecified atom stereocenters. The quantitative estimate of drug-likeness (QED) is 0.697. The maximum atomic E-state index is 13.7. The van der Waals surface area contributed by atoms with E-state index in [9.17, 15) is 9.18 Å². The molecule has 2 fully saturated rings. The Bertz CT molecular complexity index is 446. The number of aromatic nitrogens is 1. The predicted molar refractivity (Wildman–Crippen MR) is 52.9 cm³/mol. The third-order valence-corrected chi connectivity index (χ3v) is 3.24. The van der Waals surface area contributed by atoms with E-state index in [0.29, 0.717) is 18.0 Å². The number of nitrogens with zero attached hydrogens (tertiary/aromatic N) is 2. The summed E-state index contributed by atoms with van der Waals surface area (Å²) in [6.07, 6.45) is 2.52. The minimum absolute atomic E-state index is 0.0389. The van der Waals surface area contributed by atoms with Crippen molar-refractivity contribution < 1.29 is 9.18 Å². The van der Waals surface area contributed by atoms with E-state index in [-0.39, 0.29) is 23.5 Å². The number of hydrogen-bond acceptors (Lipinski definition) is 2. The average Bonchev–Trinajstić information content (AvgIpc) is 2.92. The standard InChI is InChI=1S/C11H11FN2O/c1-6-2-3-13-10(9(6)12)14-5-7-4-8(7)11(14)15/h2-3,7-8H,4-5H2,1H3/t7-,8-/m1/s1. The first-order valence-corrected chi connectivity index (χ1v) is 5.11. The van der Waals surface area contributed by atoms with Crippen LogP contribution in [0, 0.1) is 24.6 Å². The summed E-state index contributed by atoms with van der Waals surface area (Å²) in [5.41, 5.74) is 0.536. The van der Waals surface area contributed by atoms with Gasteiger partial charge in [-0.05, 0) is 30.9 Å². The highest BCUT2D eigenvalue weighted by Gasteiger charge is 2.53. The van der Waals surface area contributed by atoms with Crippen LogP contribution in [0.3, 0.4) is 0 Å². The van der Waals surface area contributed by atoms with Gasteiger partial charge in [0.25, 0.3) is 0 Å². The molecule has 2 heterocycles. The highest BCUT2D eigenvalue weighted by Crippen LogP contribution is 2.47. The van der Waals surface area contributed by atoms with E-state index in [1.54, 1.807) is 19.2 Å². The van der Waals surface area contributed by atoms with Crippen LogP contribution in [0.25, 0.3) is 0 Å². The summed E-state index contributed by atoms with van der Waals surface area (Å²) in [5.74, 6) is 0.460. The van der Waals surface area contributed by atoms with Gasteiger partial charge in [-0.15, -0.1) is 0 Å². The van der Waals surface area contributed by atoms with Crippen LogP contribution in [0.15, 0.2) is 12.3 Å². The molecule has 0 N–H and O–H groups in total. The summed E-state index contributed by atoms with van der Waals surface area (Å²) >= 11 is 0. The topological polar surface area (TPSA) is 33.2 Å². The van der Waals surface area contributed by atoms with Crippen LogP contribution < -0.4 is 4.90 Å². The van der Waals surface area contributed by atoms with Crippen molar-refractivity contribution in [1.82, 2.24) is 4.98 Å². The molecule has 0 spiro atoms. The zero-order valence-electron chi connectivity index (χ0n) is 8.40. The summed E-state index contributed by atoms with van der Waals surface area (Å²) < 4.78 is 13.7. The minimum atomic E-state index is -0.368. The largest absolute Gasteiger partial charge is 0.294 e. The van der Waals surface area contributed by atoms with Crippen molar-refractivity contribution >= 4 is 11.7 Å². The maximum Gasteiger partial charge on any atom is 0.231 e. The van der Waals surface area contributed by atoms with Gasteiger partial charge in [0.2, 0.25) is 5.91 Å². The van der Waals surface area contributed by atoms with Crippen LogP contribution in [0.1, 0.15) is 12.0 Å². The number of fused-ring (bicyclic) bond motifs is 1. The molecule has 3 rings (SSSR count). The van der Waals surface area contributed by atoms with Crippen LogP contribution in [0.5, 0.6) is 0 Å². The summed E-state index contributed by atoms with van der Waals surface area (Å²) in [5, 5.41) is 0. The van der Waals surface area contributed by atoms with E-state index in [0.717, 1.165) is 6.42 Å². The first kappa shape index (κ1) is 8.83. The number of carbonyl (C=O) groups excluding carboxylic acids is 1. The normalized spacial score (nSPS) is 28.1. The molecule has 78 valence electrons. The van der Waals surface area contributed by atoms with Gasteiger partial charge in [0.15, 0.2) is 11.6 Å². The molecule has 4 heteroatoms. The zero-order valence-corrected chi connectivity index (χ0v) is 8.40. The molecule has 15 heavy (non-hydrogen) atoms. The highest BCUT2D eigenvalue weighted by atomic mass is 19.1. The Balaban J connectivity index is 1.99. The molecule has 3 nitrogen and oxygen atoms in total. The lowest BCUT2D eigenvalue weighted by Gasteiger charge is -2.18. The van der Waals surface area contributed by atoms with E-state index in [4.69, 9.17) is 0 Å². The van der Waals surface area contributed by atoms with Gasteiger partial charge >= 0.3 is 0 Å². The second kappa shape index (κ2) is 2.78. The fourth-order valence-electron chi connectivity index (χ4n) is 2.18. The molecule has 1 saturated carbocycles.